The highest BCUT2D eigenvalue weighted by molar-refractivity contribution is 9.11. The zero-order chi connectivity index (χ0) is 31.1. The molecule has 10 heteroatoms. The second-order valence-corrected chi connectivity index (χ2v) is 16.2. The van der Waals surface area contributed by atoms with Gasteiger partial charge in [-0.2, -0.15) is 0 Å². The molecule has 0 atom stereocenters. The van der Waals surface area contributed by atoms with Crippen LogP contribution in [0.2, 0.25) is 0 Å². The van der Waals surface area contributed by atoms with Gasteiger partial charge in [0.15, 0.2) is 0 Å². The molecule has 4 heterocycles. The van der Waals surface area contributed by atoms with E-state index in [9.17, 15) is 19.2 Å². The molecule has 0 unspecified atom stereocenters. The Labute approximate surface area is 281 Å². The minimum atomic E-state index is -0.531. The topological polar surface area (TPSA) is 92.3 Å². The van der Waals surface area contributed by atoms with E-state index in [1.54, 1.807) is 12.1 Å². The number of imide groups is 2. The fourth-order valence-electron chi connectivity index (χ4n) is 6.22. The van der Waals surface area contributed by atoms with Crippen molar-refractivity contribution in [2.24, 2.45) is 0 Å². The third kappa shape index (κ3) is 5.63. The van der Waals surface area contributed by atoms with Crippen LogP contribution in [0.1, 0.15) is 118 Å². The molecular weight excluding hydrogens is 724 g/mol. The summed E-state index contributed by atoms with van der Waals surface area (Å²) in [5, 5.41) is 5.81. The van der Waals surface area contributed by atoms with Crippen LogP contribution in [0.5, 0.6) is 0 Å². The zero-order valence-corrected chi connectivity index (χ0v) is 29.4. The Morgan fingerprint density at radius 1 is 0.545 bits per heavy atom. The van der Waals surface area contributed by atoms with E-state index in [0.29, 0.717) is 44.2 Å². The second-order valence-electron chi connectivity index (χ2n) is 11.5. The molecule has 6 rings (SSSR count). The second kappa shape index (κ2) is 13.0. The molecule has 2 aromatic carbocycles. The van der Waals surface area contributed by atoms with E-state index in [-0.39, 0.29) is 0 Å². The lowest BCUT2D eigenvalue weighted by Gasteiger charge is -2.26. The van der Waals surface area contributed by atoms with Gasteiger partial charge in [0.05, 0.1) is 18.7 Å². The predicted molar refractivity (Wildman–Crippen MR) is 185 cm³/mol. The van der Waals surface area contributed by atoms with Gasteiger partial charge < -0.3 is 0 Å². The molecular formula is C34H32Br2N2O4S2. The largest absolute Gasteiger partial charge is 0.288 e. The standard InChI is InChI=1S/C34H32Br2N2O4S2/c1-3-5-7-9-11-17-13-23(43-29(17)35)19-15-21-26-25-22(32(40)37-33(41)27(19)25)16-20(28(26)34(42)38-31(21)39)24-14-18(30(36)44-24)12-10-8-6-4-2/h13-16H,3-12H2,1-2H3,(H,37,40,41)(H,38,39,42). The Morgan fingerprint density at radius 3 is 1.34 bits per heavy atom. The number of amides is 4. The van der Waals surface area contributed by atoms with E-state index in [1.165, 1.54) is 35.5 Å². The molecule has 0 saturated carbocycles. The monoisotopic (exact) mass is 754 g/mol. The average molecular weight is 757 g/mol. The number of hydrogen-bond acceptors (Lipinski definition) is 6. The van der Waals surface area contributed by atoms with Crippen LogP contribution in [0.25, 0.3) is 31.7 Å². The summed E-state index contributed by atoms with van der Waals surface area (Å²) >= 11 is 10.4. The summed E-state index contributed by atoms with van der Waals surface area (Å²) in [5.41, 5.74) is 4.71. The van der Waals surface area contributed by atoms with Crippen molar-refractivity contribution >= 4 is 88.9 Å². The van der Waals surface area contributed by atoms with E-state index >= 15 is 0 Å². The van der Waals surface area contributed by atoms with Crippen LogP contribution < -0.4 is 10.6 Å². The Bertz CT molecular complexity index is 1720. The zero-order valence-electron chi connectivity index (χ0n) is 24.6. The number of unbranched alkanes of at least 4 members (excludes halogenated alkanes) is 6. The fraction of sp³-hybridized carbons (Fsp3) is 0.353. The van der Waals surface area contributed by atoms with Crippen molar-refractivity contribution in [3.05, 3.63) is 65.2 Å². The van der Waals surface area contributed by atoms with Gasteiger partial charge in [0, 0.05) is 42.8 Å². The molecule has 0 spiro atoms. The van der Waals surface area contributed by atoms with Crippen LogP contribution in [-0.4, -0.2) is 23.6 Å². The molecule has 4 aromatic rings. The molecule has 0 fully saturated rings. The van der Waals surface area contributed by atoms with Crippen molar-refractivity contribution < 1.29 is 19.2 Å². The number of nitrogens with one attached hydrogen (secondary N) is 2. The SMILES string of the molecule is CCCCCCc1cc(-c2cc3c4c(c(-c5cc(CCCCCC)c(Br)s5)cc5c4c2C(=O)NC5=O)C(=O)NC3=O)sc1Br. The number of thiophene rings is 2. The summed E-state index contributed by atoms with van der Waals surface area (Å²) in [6, 6.07) is 7.57. The van der Waals surface area contributed by atoms with Crippen molar-refractivity contribution in [1.82, 2.24) is 10.6 Å². The third-order valence-electron chi connectivity index (χ3n) is 8.45. The Morgan fingerprint density at radius 2 is 0.955 bits per heavy atom. The molecule has 2 aromatic heterocycles. The number of carbonyl (C=O) groups excluding carboxylic acids is 4. The molecule has 0 saturated heterocycles. The molecule has 0 aliphatic carbocycles. The summed E-state index contributed by atoms with van der Waals surface area (Å²) < 4.78 is 1.98. The van der Waals surface area contributed by atoms with Gasteiger partial charge in [0.25, 0.3) is 23.6 Å². The van der Waals surface area contributed by atoms with Gasteiger partial charge in [-0.05, 0) is 92.9 Å². The lowest BCUT2D eigenvalue weighted by atomic mass is 9.81. The smallest absolute Gasteiger partial charge is 0.259 e. The maximum Gasteiger partial charge on any atom is 0.259 e. The molecule has 2 N–H and O–H groups in total. The average Bonchev–Trinajstić information content (AvgIpc) is 3.55. The summed E-state index contributed by atoms with van der Waals surface area (Å²) in [6.07, 6.45) is 10.9. The van der Waals surface area contributed by atoms with Crippen LogP contribution in [0.4, 0.5) is 0 Å². The van der Waals surface area contributed by atoms with Gasteiger partial charge in [-0.1, -0.05) is 52.4 Å². The van der Waals surface area contributed by atoms with E-state index in [2.05, 4.69) is 68.5 Å². The van der Waals surface area contributed by atoms with E-state index in [0.717, 1.165) is 79.8 Å². The number of halogens is 2. The van der Waals surface area contributed by atoms with Gasteiger partial charge in [-0.25, -0.2) is 0 Å². The van der Waals surface area contributed by atoms with Crippen molar-refractivity contribution in [1.29, 1.82) is 0 Å². The van der Waals surface area contributed by atoms with Crippen LogP contribution >= 0.6 is 54.5 Å². The number of benzene rings is 2. The van der Waals surface area contributed by atoms with Crippen molar-refractivity contribution in [2.45, 2.75) is 78.1 Å². The van der Waals surface area contributed by atoms with E-state index in [1.807, 2.05) is 0 Å². The molecule has 44 heavy (non-hydrogen) atoms. The summed E-state index contributed by atoms with van der Waals surface area (Å²) in [4.78, 5) is 55.5. The Hall–Kier alpha value is -2.66. The lowest BCUT2D eigenvalue weighted by Crippen LogP contribution is -2.39. The quantitative estimate of drug-likeness (QED) is 0.111. The molecule has 4 amide bonds. The molecule has 228 valence electrons. The van der Waals surface area contributed by atoms with Gasteiger partial charge in [0.2, 0.25) is 0 Å². The highest BCUT2D eigenvalue weighted by Gasteiger charge is 2.38. The normalized spacial score (nSPS) is 14.0. The maximum absolute atomic E-state index is 13.5. The van der Waals surface area contributed by atoms with Gasteiger partial charge in [-0.15, -0.1) is 22.7 Å². The molecule has 2 aliphatic rings. The first-order chi connectivity index (χ1) is 21.2. The van der Waals surface area contributed by atoms with Crippen LogP contribution in [0.15, 0.2) is 31.8 Å². The Kier molecular flexibility index (Phi) is 9.25. The minimum Gasteiger partial charge on any atom is -0.288 e. The van der Waals surface area contributed by atoms with Crippen molar-refractivity contribution in [2.75, 3.05) is 0 Å². The first kappa shape index (κ1) is 31.3. The van der Waals surface area contributed by atoms with Crippen LogP contribution in [0.3, 0.4) is 0 Å². The van der Waals surface area contributed by atoms with Crippen LogP contribution in [-0.2, 0) is 12.8 Å². The number of carbonyl (C=O) groups is 4. The van der Waals surface area contributed by atoms with E-state index < -0.39 is 23.6 Å². The number of aryl methyl sites for hydroxylation is 2. The van der Waals surface area contributed by atoms with Gasteiger partial charge in [-0.3, -0.25) is 29.8 Å². The summed E-state index contributed by atoms with van der Waals surface area (Å²) in [5.74, 6) is -2.11. The molecule has 0 bridgehead atoms. The van der Waals surface area contributed by atoms with Crippen molar-refractivity contribution in [3.8, 4) is 20.9 Å². The predicted octanol–water partition coefficient (Wildman–Crippen LogP) is 9.83. The lowest BCUT2D eigenvalue weighted by molar-refractivity contribution is 0.0824. The van der Waals surface area contributed by atoms with Crippen LogP contribution in [0, 0.1) is 0 Å². The third-order valence-corrected chi connectivity index (χ3v) is 12.4. The highest BCUT2D eigenvalue weighted by atomic mass is 79.9. The first-order valence-electron chi connectivity index (χ1n) is 15.2. The first-order valence-corrected chi connectivity index (χ1v) is 18.4. The summed E-state index contributed by atoms with van der Waals surface area (Å²) in [7, 11) is 0. The maximum atomic E-state index is 13.5. The van der Waals surface area contributed by atoms with Gasteiger partial charge >= 0.3 is 0 Å². The van der Waals surface area contributed by atoms with E-state index in [4.69, 9.17) is 0 Å². The Balaban J connectivity index is 1.54. The highest BCUT2D eigenvalue weighted by Crippen LogP contribution is 2.47. The number of rotatable bonds is 12. The molecule has 6 nitrogen and oxygen atoms in total. The van der Waals surface area contributed by atoms with Gasteiger partial charge in [0.1, 0.15) is 0 Å². The molecule has 0 radical (unpaired) electrons. The summed E-state index contributed by atoms with van der Waals surface area (Å²) in [6.45, 7) is 4.37. The fourth-order valence-corrected chi connectivity index (χ4v) is 9.81. The number of hydrogen-bond donors (Lipinski definition) is 2. The molecule has 2 aliphatic heterocycles. The minimum absolute atomic E-state index is 0.295. The van der Waals surface area contributed by atoms with Crippen molar-refractivity contribution in [3.63, 3.8) is 0 Å².